The third kappa shape index (κ3) is 3.71. The van der Waals surface area contributed by atoms with E-state index in [0.717, 1.165) is 15.9 Å². The Balaban J connectivity index is 2.10. The van der Waals surface area contributed by atoms with Crippen molar-refractivity contribution in [3.63, 3.8) is 0 Å². The number of hydrogen-bond acceptors (Lipinski definition) is 3. The third-order valence-corrected chi connectivity index (χ3v) is 3.50. The van der Waals surface area contributed by atoms with Crippen molar-refractivity contribution in [2.75, 3.05) is 12.4 Å². The van der Waals surface area contributed by atoms with Crippen LogP contribution in [-0.4, -0.2) is 17.9 Å². The van der Waals surface area contributed by atoms with Crippen LogP contribution in [0, 0.1) is 0 Å². The smallest absolute Gasteiger partial charge is 0.252 e. The Bertz CT molecular complexity index is 616. The normalized spacial score (nSPS) is 10.2. The first-order chi connectivity index (χ1) is 9.60. The number of nitrogens with one attached hydrogen (secondary N) is 2. The van der Waals surface area contributed by atoms with Gasteiger partial charge in [-0.1, -0.05) is 11.6 Å². The molecule has 1 aromatic heterocycles. The Morgan fingerprint density at radius 2 is 2.15 bits per heavy atom. The number of carbonyl (C=O) groups is 1. The zero-order valence-corrected chi connectivity index (χ0v) is 13.1. The maximum absolute atomic E-state index is 11.7. The average molecular weight is 355 g/mol. The minimum absolute atomic E-state index is 0.208. The molecule has 0 radical (unpaired) electrons. The Labute approximate surface area is 130 Å². The van der Waals surface area contributed by atoms with Gasteiger partial charge in [0.1, 0.15) is 0 Å². The van der Waals surface area contributed by atoms with Crippen LogP contribution in [0.1, 0.15) is 16.1 Å². The van der Waals surface area contributed by atoms with Crippen LogP contribution in [0.4, 0.5) is 5.69 Å². The van der Waals surface area contributed by atoms with E-state index in [1.807, 2.05) is 18.2 Å². The number of rotatable bonds is 4. The summed E-state index contributed by atoms with van der Waals surface area (Å²) in [7, 11) is 1.57. The van der Waals surface area contributed by atoms with E-state index in [2.05, 4.69) is 31.5 Å². The van der Waals surface area contributed by atoms with Crippen LogP contribution in [0.3, 0.4) is 0 Å². The summed E-state index contributed by atoms with van der Waals surface area (Å²) in [5, 5.41) is 6.20. The van der Waals surface area contributed by atoms with Crippen LogP contribution in [0.25, 0.3) is 0 Å². The molecule has 0 unspecified atom stereocenters. The fraction of sp³-hybridized carbons (Fsp3) is 0.143. The van der Waals surface area contributed by atoms with Gasteiger partial charge in [-0.15, -0.1) is 0 Å². The second kappa shape index (κ2) is 6.72. The predicted octanol–water partition coefficient (Wildman–Crippen LogP) is 3.47. The topological polar surface area (TPSA) is 54.0 Å². The molecular formula is C14H13BrClN3O. The summed E-state index contributed by atoms with van der Waals surface area (Å²) in [6.45, 7) is 0.572. The molecule has 1 amide bonds. The van der Waals surface area contributed by atoms with Crippen molar-refractivity contribution in [3.8, 4) is 0 Å². The molecule has 2 rings (SSSR count). The van der Waals surface area contributed by atoms with E-state index in [-0.39, 0.29) is 5.91 Å². The molecule has 2 N–H and O–H groups in total. The van der Waals surface area contributed by atoms with Crippen molar-refractivity contribution in [2.45, 2.75) is 6.54 Å². The highest BCUT2D eigenvalue weighted by Crippen LogP contribution is 2.21. The molecule has 2 aromatic rings. The van der Waals surface area contributed by atoms with Crippen LogP contribution >= 0.6 is 27.5 Å². The summed E-state index contributed by atoms with van der Waals surface area (Å²) >= 11 is 9.34. The van der Waals surface area contributed by atoms with Gasteiger partial charge >= 0.3 is 0 Å². The predicted molar refractivity (Wildman–Crippen MR) is 84.1 cm³/mol. The largest absolute Gasteiger partial charge is 0.379 e. The van der Waals surface area contributed by atoms with Gasteiger partial charge in [-0.2, -0.15) is 0 Å². The quantitative estimate of drug-likeness (QED) is 0.884. The average Bonchev–Trinajstić information content (AvgIpc) is 2.47. The van der Waals surface area contributed by atoms with E-state index < -0.39 is 0 Å². The molecule has 0 spiro atoms. The zero-order valence-electron chi connectivity index (χ0n) is 10.8. The highest BCUT2D eigenvalue weighted by atomic mass is 79.9. The first kappa shape index (κ1) is 14.8. The fourth-order valence-corrected chi connectivity index (χ4v) is 2.09. The lowest BCUT2D eigenvalue weighted by Crippen LogP contribution is -2.18. The molecule has 6 heteroatoms. The van der Waals surface area contributed by atoms with Crippen LogP contribution < -0.4 is 10.6 Å². The lowest BCUT2D eigenvalue weighted by Gasteiger charge is -2.09. The van der Waals surface area contributed by atoms with Gasteiger partial charge in [0.2, 0.25) is 0 Å². The molecule has 1 heterocycles. The molecule has 0 saturated heterocycles. The number of halogens is 2. The highest BCUT2D eigenvalue weighted by molar-refractivity contribution is 9.10. The zero-order chi connectivity index (χ0) is 14.5. The highest BCUT2D eigenvalue weighted by Gasteiger charge is 2.09. The number of pyridine rings is 1. The van der Waals surface area contributed by atoms with Gasteiger partial charge in [-0.05, 0) is 46.3 Å². The van der Waals surface area contributed by atoms with Crippen LogP contribution in [0.15, 0.2) is 41.0 Å². The molecule has 0 aliphatic rings. The molecule has 1 aromatic carbocycles. The van der Waals surface area contributed by atoms with Crippen molar-refractivity contribution in [3.05, 3.63) is 57.3 Å². The lowest BCUT2D eigenvalue weighted by atomic mass is 10.2. The molecule has 104 valence electrons. The molecule has 0 aliphatic carbocycles. The third-order valence-electron chi connectivity index (χ3n) is 2.70. The maximum atomic E-state index is 11.7. The van der Waals surface area contributed by atoms with Crippen LogP contribution in [0.2, 0.25) is 5.02 Å². The molecule has 20 heavy (non-hydrogen) atoms. The van der Waals surface area contributed by atoms with Gasteiger partial charge in [-0.3, -0.25) is 9.78 Å². The standard InChI is InChI=1S/C14H13BrClN3O/c1-17-14(20)12-6-10(4-5-13(12)16)19-8-11-3-2-9(15)7-18-11/h2-7,19H,8H2,1H3,(H,17,20). The van der Waals surface area contributed by atoms with E-state index in [4.69, 9.17) is 11.6 Å². The van der Waals surface area contributed by atoms with Crippen LogP contribution in [-0.2, 0) is 6.54 Å². The number of benzene rings is 1. The van der Waals surface area contributed by atoms with Crippen molar-refractivity contribution in [1.29, 1.82) is 0 Å². The minimum atomic E-state index is -0.208. The first-order valence-electron chi connectivity index (χ1n) is 5.96. The van der Waals surface area contributed by atoms with Crippen LogP contribution in [0.5, 0.6) is 0 Å². The molecule has 0 aliphatic heterocycles. The van der Waals surface area contributed by atoms with Gasteiger partial charge in [-0.25, -0.2) is 0 Å². The number of amides is 1. The summed E-state index contributed by atoms with van der Waals surface area (Å²) < 4.78 is 0.939. The Kier molecular flexibility index (Phi) is 4.98. The number of carbonyl (C=O) groups excluding carboxylic acids is 1. The van der Waals surface area contributed by atoms with Gasteiger partial charge < -0.3 is 10.6 Å². The summed E-state index contributed by atoms with van der Waals surface area (Å²) in [6, 6.07) is 9.10. The SMILES string of the molecule is CNC(=O)c1cc(NCc2ccc(Br)cn2)ccc1Cl. The van der Waals surface area contributed by atoms with Gasteiger partial charge in [0.05, 0.1) is 22.8 Å². The van der Waals surface area contributed by atoms with Crippen molar-refractivity contribution in [1.82, 2.24) is 10.3 Å². The summed E-state index contributed by atoms with van der Waals surface area (Å²) in [4.78, 5) is 15.9. The minimum Gasteiger partial charge on any atom is -0.379 e. The summed E-state index contributed by atoms with van der Waals surface area (Å²) in [6.07, 6.45) is 1.74. The number of aromatic nitrogens is 1. The van der Waals surface area contributed by atoms with Crippen molar-refractivity contribution in [2.24, 2.45) is 0 Å². The molecule has 0 fully saturated rings. The van der Waals surface area contributed by atoms with Crippen molar-refractivity contribution < 1.29 is 4.79 Å². The first-order valence-corrected chi connectivity index (χ1v) is 7.13. The number of nitrogens with zero attached hydrogens (tertiary/aromatic N) is 1. The summed E-state index contributed by atoms with van der Waals surface area (Å²) in [5.74, 6) is -0.208. The van der Waals surface area contributed by atoms with Gasteiger partial charge in [0.15, 0.2) is 0 Å². The van der Waals surface area contributed by atoms with Crippen molar-refractivity contribution >= 4 is 39.1 Å². The van der Waals surface area contributed by atoms with E-state index in [9.17, 15) is 4.79 Å². The maximum Gasteiger partial charge on any atom is 0.252 e. The molecule has 0 saturated carbocycles. The fourth-order valence-electron chi connectivity index (χ4n) is 1.65. The number of hydrogen-bond donors (Lipinski definition) is 2. The molecule has 0 atom stereocenters. The Morgan fingerprint density at radius 3 is 2.80 bits per heavy atom. The second-order valence-corrected chi connectivity index (χ2v) is 5.42. The monoisotopic (exact) mass is 353 g/mol. The van der Waals surface area contributed by atoms with E-state index >= 15 is 0 Å². The molecule has 4 nitrogen and oxygen atoms in total. The molecular weight excluding hydrogens is 342 g/mol. The number of anilines is 1. The lowest BCUT2D eigenvalue weighted by molar-refractivity contribution is 0.0963. The van der Waals surface area contributed by atoms with E-state index in [0.29, 0.717) is 17.1 Å². The Morgan fingerprint density at radius 1 is 1.35 bits per heavy atom. The van der Waals surface area contributed by atoms with E-state index in [1.54, 1.807) is 25.4 Å². The Hall–Kier alpha value is -1.59. The molecule has 0 bridgehead atoms. The van der Waals surface area contributed by atoms with Gasteiger partial charge in [0.25, 0.3) is 5.91 Å². The second-order valence-electron chi connectivity index (χ2n) is 4.10. The summed E-state index contributed by atoms with van der Waals surface area (Å²) in [5.41, 5.74) is 2.17. The van der Waals surface area contributed by atoms with Gasteiger partial charge in [0, 0.05) is 23.4 Å². The van der Waals surface area contributed by atoms with E-state index in [1.165, 1.54) is 0 Å².